The molecule has 0 atom stereocenters. The molecule has 0 bridgehead atoms. The second-order valence-electron chi connectivity index (χ2n) is 2.06. The predicted octanol–water partition coefficient (Wildman–Crippen LogP) is 0.892. The Morgan fingerprint density at radius 1 is 1.73 bits per heavy atom. The highest BCUT2D eigenvalue weighted by Gasteiger charge is 1.97. The average Bonchev–Trinajstić information content (AvgIpc) is 1.99. The summed E-state index contributed by atoms with van der Waals surface area (Å²) in [6.07, 6.45) is 1.54. The molecule has 4 heteroatoms. The van der Waals surface area contributed by atoms with Crippen molar-refractivity contribution in [1.82, 2.24) is 9.55 Å². The molecular formula is C7H10N2OS. The topological polar surface area (TPSA) is 34.9 Å². The molecule has 60 valence electrons. The minimum Gasteiger partial charge on any atom is -0.291 e. The van der Waals surface area contributed by atoms with Crippen molar-refractivity contribution in [2.45, 2.75) is 12.1 Å². The Labute approximate surface area is 69.5 Å². The summed E-state index contributed by atoms with van der Waals surface area (Å²) < 4.78 is 1.55. The third kappa shape index (κ3) is 1.83. The summed E-state index contributed by atoms with van der Waals surface area (Å²) in [4.78, 5) is 15.1. The minimum absolute atomic E-state index is 0.00375. The standard InChI is InChI=1S/C7H10N2OS/c1-3-11-7-8-5-4-6(10)9(7)2/h4-5H,3H2,1-2H3. The van der Waals surface area contributed by atoms with Gasteiger partial charge in [-0.05, 0) is 5.75 Å². The Kier molecular flexibility index (Phi) is 2.70. The van der Waals surface area contributed by atoms with Crippen LogP contribution < -0.4 is 5.56 Å². The molecule has 0 radical (unpaired) electrons. The van der Waals surface area contributed by atoms with E-state index >= 15 is 0 Å². The van der Waals surface area contributed by atoms with Gasteiger partial charge in [-0.3, -0.25) is 9.36 Å². The van der Waals surface area contributed by atoms with Crippen molar-refractivity contribution < 1.29 is 0 Å². The Hall–Kier alpha value is -0.770. The minimum atomic E-state index is -0.00375. The molecule has 0 aliphatic heterocycles. The van der Waals surface area contributed by atoms with E-state index in [0.29, 0.717) is 0 Å². The van der Waals surface area contributed by atoms with Crippen LogP contribution in [0.4, 0.5) is 0 Å². The maximum Gasteiger partial charge on any atom is 0.253 e. The van der Waals surface area contributed by atoms with Crippen LogP contribution in [0.3, 0.4) is 0 Å². The van der Waals surface area contributed by atoms with Crippen LogP contribution in [0.25, 0.3) is 0 Å². The fraction of sp³-hybridized carbons (Fsp3) is 0.429. The Morgan fingerprint density at radius 2 is 2.45 bits per heavy atom. The van der Waals surface area contributed by atoms with E-state index in [-0.39, 0.29) is 5.56 Å². The first kappa shape index (κ1) is 8.33. The van der Waals surface area contributed by atoms with Gasteiger partial charge >= 0.3 is 0 Å². The summed E-state index contributed by atoms with van der Waals surface area (Å²) in [5, 5.41) is 0.778. The van der Waals surface area contributed by atoms with Crippen molar-refractivity contribution in [2.24, 2.45) is 7.05 Å². The predicted molar refractivity (Wildman–Crippen MR) is 45.9 cm³/mol. The third-order valence-corrected chi connectivity index (χ3v) is 2.22. The van der Waals surface area contributed by atoms with E-state index in [1.807, 2.05) is 6.92 Å². The highest BCUT2D eigenvalue weighted by atomic mass is 32.2. The third-order valence-electron chi connectivity index (χ3n) is 1.29. The lowest BCUT2D eigenvalue weighted by atomic mass is 10.6. The fourth-order valence-electron chi connectivity index (χ4n) is 0.721. The Morgan fingerprint density at radius 3 is 3.09 bits per heavy atom. The molecule has 0 saturated heterocycles. The van der Waals surface area contributed by atoms with Crippen LogP contribution in [0.15, 0.2) is 22.2 Å². The van der Waals surface area contributed by atoms with Crippen molar-refractivity contribution in [3.63, 3.8) is 0 Å². The van der Waals surface area contributed by atoms with Gasteiger partial charge in [0.2, 0.25) is 0 Å². The lowest BCUT2D eigenvalue weighted by molar-refractivity contribution is 0.708. The molecule has 3 nitrogen and oxygen atoms in total. The smallest absolute Gasteiger partial charge is 0.253 e. The fourth-order valence-corrected chi connectivity index (χ4v) is 1.40. The quantitative estimate of drug-likeness (QED) is 0.488. The number of thioether (sulfide) groups is 1. The van der Waals surface area contributed by atoms with Gasteiger partial charge in [0, 0.05) is 19.3 Å². The summed E-state index contributed by atoms with van der Waals surface area (Å²) in [6, 6.07) is 1.46. The zero-order chi connectivity index (χ0) is 8.27. The van der Waals surface area contributed by atoms with Crippen molar-refractivity contribution >= 4 is 11.8 Å². The first-order valence-corrected chi connectivity index (χ1v) is 4.39. The van der Waals surface area contributed by atoms with Crippen LogP contribution in [0, 0.1) is 0 Å². The molecule has 1 rings (SSSR count). The van der Waals surface area contributed by atoms with E-state index in [9.17, 15) is 4.79 Å². The molecule has 1 heterocycles. The van der Waals surface area contributed by atoms with Gasteiger partial charge in [-0.1, -0.05) is 18.7 Å². The molecule has 1 aromatic heterocycles. The number of rotatable bonds is 2. The molecule has 0 saturated carbocycles. The number of nitrogens with zero attached hydrogens (tertiary/aromatic N) is 2. The van der Waals surface area contributed by atoms with Crippen LogP contribution in [-0.4, -0.2) is 15.3 Å². The number of hydrogen-bond acceptors (Lipinski definition) is 3. The molecule has 0 aliphatic rings. The van der Waals surface area contributed by atoms with Gasteiger partial charge in [0.1, 0.15) is 0 Å². The zero-order valence-electron chi connectivity index (χ0n) is 6.57. The van der Waals surface area contributed by atoms with E-state index in [2.05, 4.69) is 4.98 Å². The van der Waals surface area contributed by atoms with Crippen LogP contribution in [0.5, 0.6) is 0 Å². The normalized spacial score (nSPS) is 10.0. The second-order valence-corrected chi connectivity index (χ2v) is 3.29. The van der Waals surface area contributed by atoms with Crippen molar-refractivity contribution in [3.05, 3.63) is 22.6 Å². The van der Waals surface area contributed by atoms with Crippen LogP contribution in [0.1, 0.15) is 6.92 Å². The molecule has 11 heavy (non-hydrogen) atoms. The Balaban J connectivity index is 3.06. The molecule has 0 fully saturated rings. The number of aromatic nitrogens is 2. The molecule has 0 amide bonds. The summed E-state index contributed by atoms with van der Waals surface area (Å²) >= 11 is 1.57. The van der Waals surface area contributed by atoms with Crippen molar-refractivity contribution in [1.29, 1.82) is 0 Å². The van der Waals surface area contributed by atoms with Gasteiger partial charge in [0.25, 0.3) is 5.56 Å². The van der Waals surface area contributed by atoms with E-state index in [0.717, 1.165) is 10.9 Å². The average molecular weight is 170 g/mol. The zero-order valence-corrected chi connectivity index (χ0v) is 7.39. The summed E-state index contributed by atoms with van der Waals surface area (Å²) in [7, 11) is 1.73. The lowest BCUT2D eigenvalue weighted by Crippen LogP contribution is -2.17. The van der Waals surface area contributed by atoms with Gasteiger partial charge in [0.15, 0.2) is 5.16 Å². The van der Waals surface area contributed by atoms with Crippen LogP contribution in [-0.2, 0) is 7.05 Å². The van der Waals surface area contributed by atoms with Gasteiger partial charge in [0.05, 0.1) is 0 Å². The van der Waals surface area contributed by atoms with Crippen LogP contribution >= 0.6 is 11.8 Å². The molecule has 1 aromatic rings. The molecule has 0 spiro atoms. The SMILES string of the molecule is CCSc1nccc(=O)n1C. The molecular weight excluding hydrogens is 160 g/mol. The van der Waals surface area contributed by atoms with Gasteiger partial charge < -0.3 is 0 Å². The highest BCUT2D eigenvalue weighted by molar-refractivity contribution is 7.99. The molecule has 0 N–H and O–H groups in total. The largest absolute Gasteiger partial charge is 0.291 e. The monoisotopic (exact) mass is 170 g/mol. The van der Waals surface area contributed by atoms with E-state index in [4.69, 9.17) is 0 Å². The maximum atomic E-state index is 11.0. The van der Waals surface area contributed by atoms with Gasteiger partial charge in [-0.15, -0.1) is 0 Å². The summed E-state index contributed by atoms with van der Waals surface area (Å²) in [6.45, 7) is 2.03. The molecule has 0 aliphatic carbocycles. The Bertz CT molecular complexity index is 295. The molecule has 0 unspecified atom stereocenters. The maximum absolute atomic E-state index is 11.0. The summed E-state index contributed by atoms with van der Waals surface area (Å²) in [5.41, 5.74) is -0.00375. The first-order valence-electron chi connectivity index (χ1n) is 3.40. The highest BCUT2D eigenvalue weighted by Crippen LogP contribution is 2.09. The first-order chi connectivity index (χ1) is 5.25. The van der Waals surface area contributed by atoms with E-state index in [1.165, 1.54) is 6.07 Å². The van der Waals surface area contributed by atoms with Crippen molar-refractivity contribution in [2.75, 3.05) is 5.75 Å². The summed E-state index contributed by atoms with van der Waals surface area (Å²) in [5.74, 6) is 0.935. The lowest BCUT2D eigenvalue weighted by Gasteiger charge is -2.02. The van der Waals surface area contributed by atoms with Gasteiger partial charge in [-0.25, -0.2) is 4.98 Å². The van der Waals surface area contributed by atoms with Crippen molar-refractivity contribution in [3.8, 4) is 0 Å². The molecule has 0 aromatic carbocycles. The number of hydrogen-bond donors (Lipinski definition) is 0. The van der Waals surface area contributed by atoms with E-state index < -0.39 is 0 Å². The van der Waals surface area contributed by atoms with Gasteiger partial charge in [-0.2, -0.15) is 0 Å². The second kappa shape index (κ2) is 3.57. The van der Waals surface area contributed by atoms with Crippen LogP contribution in [0.2, 0.25) is 0 Å². The van der Waals surface area contributed by atoms with E-state index in [1.54, 1.807) is 29.6 Å².